The summed E-state index contributed by atoms with van der Waals surface area (Å²) >= 11 is 9.29. The van der Waals surface area contributed by atoms with Crippen LogP contribution in [0.1, 0.15) is 15.9 Å². The van der Waals surface area contributed by atoms with E-state index in [1.807, 2.05) is 0 Å². The molecule has 0 aromatic heterocycles. The zero-order valence-electron chi connectivity index (χ0n) is 13.0. The van der Waals surface area contributed by atoms with Crippen LogP contribution in [-0.4, -0.2) is 32.8 Å². The van der Waals surface area contributed by atoms with E-state index in [1.54, 1.807) is 24.3 Å². The molecule has 0 saturated heterocycles. The Labute approximate surface area is 154 Å². The van der Waals surface area contributed by atoms with Crippen molar-refractivity contribution in [3.05, 3.63) is 63.1 Å². The Hall–Kier alpha value is -1.41. The van der Waals surface area contributed by atoms with Crippen molar-refractivity contribution in [2.45, 2.75) is 11.4 Å². The molecule has 8 heteroatoms. The predicted molar refractivity (Wildman–Crippen MR) is 95.6 cm³/mol. The first-order valence-corrected chi connectivity index (χ1v) is 9.46. The number of hydrogen-bond donors (Lipinski definition) is 0. The molecule has 0 fully saturated rings. The number of rotatable bonds is 5. The summed E-state index contributed by atoms with van der Waals surface area (Å²) in [5.41, 5.74) is 0.834. The average Bonchev–Trinajstić information content (AvgIpc) is 2.56. The molecule has 0 bridgehead atoms. The largest absolute Gasteiger partial charge is 0.465 e. The van der Waals surface area contributed by atoms with Crippen LogP contribution in [0.2, 0.25) is 5.02 Å². The molecule has 0 radical (unpaired) electrons. The number of halogens is 2. The zero-order valence-corrected chi connectivity index (χ0v) is 16.2. The van der Waals surface area contributed by atoms with Gasteiger partial charge in [0.05, 0.1) is 17.6 Å². The van der Waals surface area contributed by atoms with Crippen LogP contribution in [-0.2, 0) is 21.3 Å². The van der Waals surface area contributed by atoms with Crippen molar-refractivity contribution in [3.8, 4) is 0 Å². The molecule has 2 rings (SSSR count). The van der Waals surface area contributed by atoms with Crippen LogP contribution in [0.4, 0.5) is 0 Å². The predicted octanol–water partition coefficient (Wildman–Crippen LogP) is 3.71. The lowest BCUT2D eigenvalue weighted by molar-refractivity contribution is 0.0599. The van der Waals surface area contributed by atoms with Gasteiger partial charge in [0, 0.05) is 23.1 Å². The van der Waals surface area contributed by atoms with Gasteiger partial charge >= 0.3 is 5.97 Å². The number of carbonyl (C=O) groups is 1. The molecule has 0 amide bonds. The monoisotopic (exact) mass is 431 g/mol. The molecule has 2 aromatic carbocycles. The highest BCUT2D eigenvalue weighted by atomic mass is 79.9. The van der Waals surface area contributed by atoms with Crippen molar-refractivity contribution in [1.29, 1.82) is 0 Å². The van der Waals surface area contributed by atoms with E-state index in [1.165, 1.54) is 36.7 Å². The molecular weight excluding hydrogens is 418 g/mol. The number of sulfonamides is 1. The fourth-order valence-electron chi connectivity index (χ4n) is 2.06. The van der Waals surface area contributed by atoms with Gasteiger partial charge in [-0.15, -0.1) is 0 Å². The first kappa shape index (κ1) is 18.9. The second kappa shape index (κ2) is 7.65. The minimum atomic E-state index is -3.79. The van der Waals surface area contributed by atoms with Gasteiger partial charge in [0.2, 0.25) is 10.0 Å². The number of nitrogens with zero attached hydrogens (tertiary/aromatic N) is 1. The van der Waals surface area contributed by atoms with Crippen LogP contribution in [0.25, 0.3) is 0 Å². The summed E-state index contributed by atoms with van der Waals surface area (Å²) in [7, 11) is -1.10. The Morgan fingerprint density at radius 1 is 1.25 bits per heavy atom. The average molecular weight is 433 g/mol. The fourth-order valence-corrected chi connectivity index (χ4v) is 3.84. The van der Waals surface area contributed by atoms with E-state index >= 15 is 0 Å². The molecule has 0 spiro atoms. The van der Waals surface area contributed by atoms with Gasteiger partial charge in [0.25, 0.3) is 0 Å². The minimum Gasteiger partial charge on any atom is -0.465 e. The van der Waals surface area contributed by atoms with E-state index < -0.39 is 16.0 Å². The molecule has 0 unspecified atom stereocenters. The molecule has 0 aliphatic rings. The summed E-state index contributed by atoms with van der Waals surface area (Å²) in [6.07, 6.45) is 0. The summed E-state index contributed by atoms with van der Waals surface area (Å²) in [6.45, 7) is 0.117. The Balaban J connectivity index is 2.36. The van der Waals surface area contributed by atoms with Crippen LogP contribution in [0.15, 0.2) is 51.8 Å². The number of carbonyl (C=O) groups excluding carboxylic acids is 1. The lowest BCUT2D eigenvalue weighted by Gasteiger charge is -2.18. The molecule has 0 aliphatic heterocycles. The number of ether oxygens (including phenoxy) is 1. The van der Waals surface area contributed by atoms with E-state index in [9.17, 15) is 13.2 Å². The number of hydrogen-bond acceptors (Lipinski definition) is 4. The number of benzene rings is 2. The van der Waals surface area contributed by atoms with E-state index in [2.05, 4.69) is 20.7 Å². The number of methoxy groups -OCH3 is 1. The summed E-state index contributed by atoms with van der Waals surface area (Å²) in [6, 6.07) is 11.2. The van der Waals surface area contributed by atoms with Crippen molar-refractivity contribution in [1.82, 2.24) is 4.31 Å². The first-order chi connectivity index (χ1) is 11.3. The lowest BCUT2D eigenvalue weighted by atomic mass is 10.2. The topological polar surface area (TPSA) is 63.7 Å². The van der Waals surface area contributed by atoms with E-state index in [-0.39, 0.29) is 17.0 Å². The summed E-state index contributed by atoms with van der Waals surface area (Å²) < 4.78 is 31.8. The normalized spacial score (nSPS) is 11.5. The highest BCUT2D eigenvalue weighted by Crippen LogP contribution is 2.25. The smallest absolute Gasteiger partial charge is 0.339 e. The van der Waals surface area contributed by atoms with E-state index in [4.69, 9.17) is 11.6 Å². The SMILES string of the molecule is COC(=O)c1cc(S(=O)(=O)N(C)Cc2ccccc2Cl)ccc1Br. The van der Waals surface area contributed by atoms with Crippen molar-refractivity contribution in [2.75, 3.05) is 14.2 Å². The molecule has 128 valence electrons. The van der Waals surface area contributed by atoms with Gasteiger partial charge in [-0.3, -0.25) is 0 Å². The molecule has 0 aliphatic carbocycles. The van der Waals surface area contributed by atoms with Crippen molar-refractivity contribution in [3.63, 3.8) is 0 Å². The van der Waals surface area contributed by atoms with Gasteiger partial charge in [0.15, 0.2) is 0 Å². The van der Waals surface area contributed by atoms with Crippen molar-refractivity contribution < 1.29 is 17.9 Å². The second-order valence-electron chi connectivity index (χ2n) is 4.99. The molecule has 24 heavy (non-hydrogen) atoms. The van der Waals surface area contributed by atoms with Gasteiger partial charge in [0.1, 0.15) is 0 Å². The van der Waals surface area contributed by atoms with Gasteiger partial charge < -0.3 is 4.74 Å². The van der Waals surface area contributed by atoms with Gasteiger partial charge in [-0.05, 0) is 45.8 Å². The van der Waals surface area contributed by atoms with Gasteiger partial charge in [-0.2, -0.15) is 4.31 Å². The zero-order chi connectivity index (χ0) is 17.9. The maximum absolute atomic E-state index is 12.7. The molecule has 5 nitrogen and oxygen atoms in total. The lowest BCUT2D eigenvalue weighted by Crippen LogP contribution is -2.27. The Morgan fingerprint density at radius 2 is 1.92 bits per heavy atom. The van der Waals surface area contributed by atoms with Crippen LogP contribution in [0.3, 0.4) is 0 Å². The minimum absolute atomic E-state index is 0.000605. The Morgan fingerprint density at radius 3 is 2.54 bits per heavy atom. The highest BCUT2D eigenvalue weighted by Gasteiger charge is 2.24. The van der Waals surface area contributed by atoms with E-state index in [0.29, 0.717) is 15.1 Å². The van der Waals surface area contributed by atoms with Crippen LogP contribution in [0, 0.1) is 0 Å². The first-order valence-electron chi connectivity index (χ1n) is 6.85. The molecular formula is C16H15BrClNO4S. The third kappa shape index (κ3) is 3.97. The van der Waals surface area contributed by atoms with Crippen molar-refractivity contribution >= 4 is 43.5 Å². The molecule has 0 heterocycles. The molecule has 0 N–H and O–H groups in total. The van der Waals surface area contributed by atoms with E-state index in [0.717, 1.165) is 0 Å². The third-order valence-electron chi connectivity index (χ3n) is 3.40. The maximum atomic E-state index is 12.7. The summed E-state index contributed by atoms with van der Waals surface area (Å²) in [5, 5.41) is 0.491. The van der Waals surface area contributed by atoms with Crippen molar-refractivity contribution in [2.24, 2.45) is 0 Å². The molecule has 0 saturated carbocycles. The summed E-state index contributed by atoms with van der Waals surface area (Å²) in [5.74, 6) is -0.618. The second-order valence-corrected chi connectivity index (χ2v) is 8.29. The third-order valence-corrected chi connectivity index (χ3v) is 6.26. The van der Waals surface area contributed by atoms with Crippen LogP contribution >= 0.6 is 27.5 Å². The maximum Gasteiger partial charge on any atom is 0.339 e. The molecule has 0 atom stereocenters. The highest BCUT2D eigenvalue weighted by molar-refractivity contribution is 9.10. The summed E-state index contributed by atoms with van der Waals surface area (Å²) in [4.78, 5) is 11.7. The van der Waals surface area contributed by atoms with Gasteiger partial charge in [-0.1, -0.05) is 29.8 Å². The standard InChI is InChI=1S/C16H15BrClNO4S/c1-19(10-11-5-3-4-6-15(11)18)24(21,22)12-7-8-14(17)13(9-12)16(20)23-2/h3-9H,10H2,1-2H3. The quantitative estimate of drug-likeness (QED) is 0.676. The van der Waals surface area contributed by atoms with Crippen LogP contribution < -0.4 is 0 Å². The van der Waals surface area contributed by atoms with Gasteiger partial charge in [-0.25, -0.2) is 13.2 Å². The Bertz CT molecular complexity index is 870. The molecule has 2 aromatic rings. The fraction of sp³-hybridized carbons (Fsp3) is 0.188. The Kier molecular flexibility index (Phi) is 6.03. The number of esters is 1. The van der Waals surface area contributed by atoms with Crippen LogP contribution in [0.5, 0.6) is 0 Å².